The fourth-order valence-corrected chi connectivity index (χ4v) is 3.50. The summed E-state index contributed by atoms with van der Waals surface area (Å²) in [4.78, 5) is 14.2. The van der Waals surface area contributed by atoms with Crippen molar-refractivity contribution in [1.82, 2.24) is 25.1 Å². The van der Waals surface area contributed by atoms with E-state index in [4.69, 9.17) is 4.74 Å². The van der Waals surface area contributed by atoms with Crippen molar-refractivity contribution in [2.75, 3.05) is 20.3 Å². The molecule has 0 radical (unpaired) electrons. The van der Waals surface area contributed by atoms with Gasteiger partial charge in [-0.25, -0.2) is 0 Å². The molecule has 3 rings (SSSR count). The molecular formula is C17H23N5O2. The van der Waals surface area contributed by atoms with Gasteiger partial charge in [0.25, 0.3) is 0 Å². The summed E-state index contributed by atoms with van der Waals surface area (Å²) >= 11 is 0. The number of nitrogens with zero attached hydrogens (tertiary/aromatic N) is 5. The molecule has 128 valence electrons. The average molecular weight is 329 g/mol. The molecule has 1 aliphatic rings. The Hall–Kier alpha value is -2.28. The van der Waals surface area contributed by atoms with Crippen molar-refractivity contribution >= 4 is 5.91 Å². The number of methoxy groups -OCH3 is 1. The minimum atomic E-state index is -0.534. The Bertz CT molecular complexity index is 737. The first-order chi connectivity index (χ1) is 11.5. The van der Waals surface area contributed by atoms with Crippen molar-refractivity contribution in [3.63, 3.8) is 0 Å². The van der Waals surface area contributed by atoms with Crippen molar-refractivity contribution in [3.05, 3.63) is 35.2 Å². The highest BCUT2D eigenvalue weighted by atomic mass is 16.5. The minimum absolute atomic E-state index is 0.116. The second kappa shape index (κ2) is 6.32. The zero-order valence-electron chi connectivity index (χ0n) is 14.6. The number of amides is 1. The van der Waals surface area contributed by atoms with Gasteiger partial charge in [0.2, 0.25) is 5.91 Å². The Kier molecular flexibility index (Phi) is 4.36. The quantitative estimate of drug-likeness (QED) is 0.836. The number of hydrogen-bond donors (Lipinski definition) is 0. The van der Waals surface area contributed by atoms with Gasteiger partial charge in [-0.2, -0.15) is 4.68 Å². The molecule has 7 nitrogen and oxygen atoms in total. The molecule has 1 aliphatic heterocycles. The van der Waals surface area contributed by atoms with Crippen LogP contribution in [0.2, 0.25) is 0 Å². The van der Waals surface area contributed by atoms with Crippen LogP contribution in [-0.2, 0) is 15.1 Å². The first kappa shape index (κ1) is 16.6. The molecule has 1 atom stereocenters. The SMILES string of the molecule is COCCN1C(=O)CCC1(C)c1nnnn1-c1c(C)cccc1C. The van der Waals surface area contributed by atoms with Crippen molar-refractivity contribution in [2.45, 2.75) is 39.2 Å². The first-order valence-corrected chi connectivity index (χ1v) is 8.14. The number of hydrogen-bond acceptors (Lipinski definition) is 5. The van der Waals surface area contributed by atoms with Crippen molar-refractivity contribution in [2.24, 2.45) is 0 Å². The molecular weight excluding hydrogens is 306 g/mol. The summed E-state index contributed by atoms with van der Waals surface area (Å²) < 4.78 is 6.94. The van der Waals surface area contributed by atoms with Crippen LogP contribution in [0.15, 0.2) is 18.2 Å². The minimum Gasteiger partial charge on any atom is -0.383 e. The maximum atomic E-state index is 12.4. The van der Waals surface area contributed by atoms with E-state index in [0.29, 0.717) is 31.8 Å². The normalized spacial score (nSPS) is 20.8. The highest BCUT2D eigenvalue weighted by Gasteiger charge is 2.46. The molecule has 2 aromatic rings. The lowest BCUT2D eigenvalue weighted by Gasteiger charge is -2.34. The molecule has 1 saturated heterocycles. The summed E-state index contributed by atoms with van der Waals surface area (Å²) in [7, 11) is 1.64. The van der Waals surface area contributed by atoms with Gasteiger partial charge in [-0.3, -0.25) is 4.79 Å². The van der Waals surface area contributed by atoms with E-state index in [2.05, 4.69) is 15.5 Å². The van der Waals surface area contributed by atoms with Gasteiger partial charge in [0.1, 0.15) is 5.54 Å². The number of para-hydroxylation sites is 1. The molecule has 0 aliphatic carbocycles. The Morgan fingerprint density at radius 2 is 2.00 bits per heavy atom. The highest BCUT2D eigenvalue weighted by molar-refractivity contribution is 5.79. The van der Waals surface area contributed by atoms with Gasteiger partial charge >= 0.3 is 0 Å². The van der Waals surface area contributed by atoms with Gasteiger partial charge in [0, 0.05) is 20.1 Å². The van der Waals surface area contributed by atoms with Crippen LogP contribution in [-0.4, -0.2) is 51.3 Å². The number of rotatable bonds is 5. The van der Waals surface area contributed by atoms with E-state index < -0.39 is 5.54 Å². The predicted octanol–water partition coefficient (Wildman–Crippen LogP) is 1.76. The maximum Gasteiger partial charge on any atom is 0.223 e. The number of aromatic nitrogens is 4. The number of benzene rings is 1. The van der Waals surface area contributed by atoms with E-state index in [0.717, 1.165) is 16.8 Å². The predicted molar refractivity (Wildman–Crippen MR) is 88.8 cm³/mol. The highest BCUT2D eigenvalue weighted by Crippen LogP contribution is 2.38. The molecule has 2 heterocycles. The Balaban J connectivity index is 2.08. The topological polar surface area (TPSA) is 73.1 Å². The second-order valence-corrected chi connectivity index (χ2v) is 6.47. The zero-order chi connectivity index (χ0) is 17.3. The van der Waals surface area contributed by atoms with Crippen LogP contribution in [0.5, 0.6) is 0 Å². The van der Waals surface area contributed by atoms with Gasteiger partial charge in [-0.15, -0.1) is 5.10 Å². The summed E-state index contributed by atoms with van der Waals surface area (Å²) in [6.07, 6.45) is 1.20. The largest absolute Gasteiger partial charge is 0.383 e. The van der Waals surface area contributed by atoms with Crippen LogP contribution >= 0.6 is 0 Å². The third-order valence-corrected chi connectivity index (χ3v) is 4.84. The molecule has 1 aromatic heterocycles. The second-order valence-electron chi connectivity index (χ2n) is 6.47. The Morgan fingerprint density at radius 3 is 2.67 bits per heavy atom. The van der Waals surface area contributed by atoms with Crippen LogP contribution in [0, 0.1) is 13.8 Å². The Morgan fingerprint density at radius 1 is 1.29 bits per heavy atom. The lowest BCUT2D eigenvalue weighted by molar-refractivity contribution is -0.132. The molecule has 1 fully saturated rings. The smallest absolute Gasteiger partial charge is 0.223 e. The van der Waals surface area contributed by atoms with Gasteiger partial charge in [0.15, 0.2) is 5.82 Å². The summed E-state index contributed by atoms with van der Waals surface area (Å²) in [5, 5.41) is 12.4. The van der Waals surface area contributed by atoms with Crippen LogP contribution in [0.3, 0.4) is 0 Å². The molecule has 0 saturated carbocycles. The van der Waals surface area contributed by atoms with Crippen LogP contribution < -0.4 is 0 Å². The van der Waals surface area contributed by atoms with E-state index in [1.54, 1.807) is 11.8 Å². The van der Waals surface area contributed by atoms with Crippen LogP contribution in [0.1, 0.15) is 36.7 Å². The monoisotopic (exact) mass is 329 g/mol. The third-order valence-electron chi connectivity index (χ3n) is 4.84. The molecule has 0 spiro atoms. The Labute approximate surface area is 141 Å². The standard InChI is InChI=1S/C17H23N5O2/c1-12-6-5-7-13(2)15(12)22-16(18-19-20-22)17(3)9-8-14(23)21(17)10-11-24-4/h5-7H,8-11H2,1-4H3. The van der Waals surface area contributed by atoms with Gasteiger partial charge in [-0.05, 0) is 48.7 Å². The summed E-state index contributed by atoms with van der Waals surface area (Å²) in [6, 6.07) is 6.10. The van der Waals surface area contributed by atoms with E-state index in [-0.39, 0.29) is 5.91 Å². The van der Waals surface area contributed by atoms with Crippen molar-refractivity contribution < 1.29 is 9.53 Å². The lowest BCUT2D eigenvalue weighted by atomic mass is 9.97. The molecule has 1 amide bonds. The first-order valence-electron chi connectivity index (χ1n) is 8.14. The zero-order valence-corrected chi connectivity index (χ0v) is 14.6. The lowest BCUT2D eigenvalue weighted by Crippen LogP contribution is -2.44. The number of aryl methyl sites for hydroxylation is 2. The van der Waals surface area contributed by atoms with Crippen molar-refractivity contribution in [1.29, 1.82) is 0 Å². The fourth-order valence-electron chi connectivity index (χ4n) is 3.50. The van der Waals surface area contributed by atoms with E-state index in [9.17, 15) is 4.79 Å². The number of likely N-dealkylation sites (tertiary alicyclic amines) is 1. The van der Waals surface area contributed by atoms with E-state index >= 15 is 0 Å². The summed E-state index contributed by atoms with van der Waals surface area (Å²) in [5.41, 5.74) is 2.64. The molecule has 0 bridgehead atoms. The van der Waals surface area contributed by atoms with Gasteiger partial charge in [0.05, 0.1) is 12.3 Å². The van der Waals surface area contributed by atoms with Crippen molar-refractivity contribution in [3.8, 4) is 5.69 Å². The molecule has 1 aromatic carbocycles. The molecule has 0 N–H and O–H groups in total. The molecule has 1 unspecified atom stereocenters. The number of carbonyl (C=O) groups excluding carboxylic acids is 1. The van der Waals surface area contributed by atoms with E-state index in [1.165, 1.54) is 0 Å². The van der Waals surface area contributed by atoms with Gasteiger partial charge < -0.3 is 9.64 Å². The maximum absolute atomic E-state index is 12.4. The van der Waals surface area contributed by atoms with Crippen LogP contribution in [0.25, 0.3) is 5.69 Å². The van der Waals surface area contributed by atoms with E-state index in [1.807, 2.05) is 43.9 Å². The fraction of sp³-hybridized carbons (Fsp3) is 0.529. The number of tetrazole rings is 1. The molecule has 24 heavy (non-hydrogen) atoms. The number of carbonyl (C=O) groups is 1. The third kappa shape index (κ3) is 2.58. The number of ether oxygens (including phenoxy) is 1. The van der Waals surface area contributed by atoms with Gasteiger partial charge in [-0.1, -0.05) is 18.2 Å². The average Bonchev–Trinajstić information content (AvgIpc) is 3.12. The molecule has 7 heteroatoms. The summed E-state index contributed by atoms with van der Waals surface area (Å²) in [6.45, 7) is 7.14. The van der Waals surface area contributed by atoms with Crippen LogP contribution in [0.4, 0.5) is 0 Å². The summed E-state index contributed by atoms with van der Waals surface area (Å²) in [5.74, 6) is 0.812.